The molecule has 9 nitrogen and oxygen atoms in total. The van der Waals surface area contributed by atoms with Crippen molar-refractivity contribution < 1.29 is 22.7 Å². The van der Waals surface area contributed by atoms with Gasteiger partial charge in [0.25, 0.3) is 5.91 Å². The van der Waals surface area contributed by atoms with E-state index >= 15 is 0 Å². The Morgan fingerprint density at radius 1 is 1.00 bits per heavy atom. The number of amides is 2. The largest absolute Gasteiger partial charge is 0.497 e. The summed E-state index contributed by atoms with van der Waals surface area (Å²) in [5, 5.41) is 1.08. The van der Waals surface area contributed by atoms with Gasteiger partial charge in [-0.3, -0.25) is 14.5 Å². The van der Waals surface area contributed by atoms with Gasteiger partial charge >= 0.3 is 0 Å². The molecule has 1 aromatic heterocycles. The molecule has 2 aliphatic heterocycles. The van der Waals surface area contributed by atoms with Crippen LogP contribution in [0.2, 0.25) is 0 Å². The first-order chi connectivity index (χ1) is 21.4. The van der Waals surface area contributed by atoms with Crippen LogP contribution in [0.1, 0.15) is 85.7 Å². The maximum absolute atomic E-state index is 14.7. The molecular formula is C35H44N4O5S. The molecule has 3 aromatic rings. The van der Waals surface area contributed by atoms with Gasteiger partial charge in [0.15, 0.2) is 0 Å². The van der Waals surface area contributed by atoms with Gasteiger partial charge in [-0.1, -0.05) is 25.3 Å². The van der Waals surface area contributed by atoms with Crippen LogP contribution in [0.5, 0.6) is 5.75 Å². The molecule has 1 N–H and O–H groups in total. The Kier molecular flexibility index (Phi) is 7.32. The van der Waals surface area contributed by atoms with Crippen molar-refractivity contribution in [3.05, 3.63) is 53.1 Å². The second-order valence-electron chi connectivity index (χ2n) is 14.1. The van der Waals surface area contributed by atoms with E-state index in [1.165, 1.54) is 24.8 Å². The molecule has 2 aromatic carbocycles. The highest BCUT2D eigenvalue weighted by atomic mass is 32.2. The van der Waals surface area contributed by atoms with Crippen LogP contribution in [0.25, 0.3) is 22.2 Å². The lowest BCUT2D eigenvalue weighted by Gasteiger charge is -2.43. The molecule has 3 heterocycles. The quantitative estimate of drug-likeness (QED) is 0.421. The number of carbonyl (C=O) groups excluding carboxylic acids is 2. The zero-order valence-corrected chi connectivity index (χ0v) is 27.7. The monoisotopic (exact) mass is 632 g/mol. The van der Waals surface area contributed by atoms with Gasteiger partial charge in [0.1, 0.15) is 5.75 Å². The predicted octanol–water partition coefficient (Wildman–Crippen LogP) is 5.09. The minimum atomic E-state index is -3.73. The number of sulfonamides is 1. The summed E-state index contributed by atoms with van der Waals surface area (Å²) in [6, 6.07) is 12.4. The number of likely N-dealkylation sites (N-methyl/N-ethyl adjacent to an activating group) is 1. The molecule has 10 heteroatoms. The topological polar surface area (TPSA) is 101 Å². The van der Waals surface area contributed by atoms with Crippen molar-refractivity contribution in [3.63, 3.8) is 0 Å². The third-order valence-electron chi connectivity index (χ3n) is 11.1. The Hall–Kier alpha value is -3.37. The summed E-state index contributed by atoms with van der Waals surface area (Å²) in [5.41, 5.74) is 5.28. The Morgan fingerprint density at radius 3 is 2.38 bits per heavy atom. The van der Waals surface area contributed by atoms with Crippen LogP contribution in [0.15, 0.2) is 36.4 Å². The lowest BCUT2D eigenvalue weighted by Crippen LogP contribution is -2.58. The fourth-order valence-corrected chi connectivity index (χ4v) is 8.99. The van der Waals surface area contributed by atoms with Gasteiger partial charge in [0.2, 0.25) is 15.9 Å². The minimum Gasteiger partial charge on any atom is -0.497 e. The number of rotatable bonds is 5. The smallest absolute Gasteiger partial charge is 0.264 e. The first-order valence-corrected chi connectivity index (χ1v) is 18.2. The van der Waals surface area contributed by atoms with E-state index < -0.39 is 21.3 Å². The van der Waals surface area contributed by atoms with Gasteiger partial charge in [-0.05, 0) is 87.5 Å². The lowest BCUT2D eigenvalue weighted by atomic mass is 9.81. The number of nitrogens with zero attached hydrogens (tertiary/aromatic N) is 3. The van der Waals surface area contributed by atoms with E-state index in [2.05, 4.69) is 52.1 Å². The van der Waals surface area contributed by atoms with Crippen molar-refractivity contribution in [1.82, 2.24) is 19.1 Å². The maximum Gasteiger partial charge on any atom is 0.264 e. The van der Waals surface area contributed by atoms with E-state index in [4.69, 9.17) is 4.74 Å². The standard InChI is InChI=1S/C35H44N4O5S/c1-21-18-38(19-22(2)37(21)3)34(41)35-17-29(35)28-16-25(44-4)12-14-26(28)32-31(23-9-7-6-8-10-23)27-13-11-24(15-30(27)39(32)20-35)33(40)36-45(5,42)43/h11-16,21-23,29H,6-10,17-20H2,1-5H3,(H,36,40). The van der Waals surface area contributed by atoms with Gasteiger partial charge in [-0.25, -0.2) is 13.1 Å². The Morgan fingerprint density at radius 2 is 1.71 bits per heavy atom. The van der Waals surface area contributed by atoms with Crippen molar-refractivity contribution in [1.29, 1.82) is 0 Å². The molecule has 1 saturated heterocycles. The average Bonchev–Trinajstić information content (AvgIpc) is 3.68. The number of methoxy groups -OCH3 is 1. The SMILES string of the molecule is COc1ccc2c(c1)C1CC1(C(=O)N1CC(C)N(C)C(C)C1)Cn1c-2c(C2CCCCC2)c2ccc(C(=O)NS(C)(=O)=O)cc21. The van der Waals surface area contributed by atoms with E-state index in [0.717, 1.165) is 59.0 Å². The lowest BCUT2D eigenvalue weighted by molar-refractivity contribution is -0.141. The van der Waals surface area contributed by atoms with Crippen molar-refractivity contribution in [3.8, 4) is 17.0 Å². The molecule has 7 rings (SSSR count). The molecule has 3 fully saturated rings. The molecule has 2 amide bonds. The second kappa shape index (κ2) is 10.9. The summed E-state index contributed by atoms with van der Waals surface area (Å²) in [6.07, 6.45) is 7.51. The van der Waals surface area contributed by atoms with E-state index in [9.17, 15) is 18.0 Å². The van der Waals surface area contributed by atoms with Gasteiger partial charge < -0.3 is 14.2 Å². The van der Waals surface area contributed by atoms with Gasteiger partial charge in [-0.2, -0.15) is 0 Å². The van der Waals surface area contributed by atoms with Gasteiger partial charge in [-0.15, -0.1) is 0 Å². The fraction of sp³-hybridized carbons (Fsp3) is 0.543. The first-order valence-electron chi connectivity index (χ1n) is 16.3. The van der Waals surface area contributed by atoms with E-state index in [-0.39, 0.29) is 29.5 Å². The zero-order valence-electron chi connectivity index (χ0n) is 26.9. The van der Waals surface area contributed by atoms with Crippen LogP contribution in [-0.2, 0) is 21.4 Å². The average molecular weight is 633 g/mol. The van der Waals surface area contributed by atoms with Crippen LogP contribution in [0.3, 0.4) is 0 Å². The molecule has 4 aliphatic rings. The third-order valence-corrected chi connectivity index (χ3v) is 11.7. The molecule has 240 valence electrons. The highest BCUT2D eigenvalue weighted by molar-refractivity contribution is 7.89. The Bertz CT molecular complexity index is 1800. The number of hydrogen-bond acceptors (Lipinski definition) is 6. The second-order valence-corrected chi connectivity index (χ2v) is 15.8. The normalized spacial score (nSPS) is 26.9. The van der Waals surface area contributed by atoms with Gasteiger partial charge in [0, 0.05) is 59.7 Å². The number of carbonyl (C=O) groups is 2. The van der Waals surface area contributed by atoms with E-state index in [0.29, 0.717) is 25.6 Å². The van der Waals surface area contributed by atoms with E-state index in [1.54, 1.807) is 13.2 Å². The summed E-state index contributed by atoms with van der Waals surface area (Å²) in [7, 11) is 0.0889. The summed E-state index contributed by atoms with van der Waals surface area (Å²) in [4.78, 5) is 32.3. The summed E-state index contributed by atoms with van der Waals surface area (Å²) in [5.74, 6) is 0.763. The summed E-state index contributed by atoms with van der Waals surface area (Å²) >= 11 is 0. The fourth-order valence-electron chi connectivity index (χ4n) is 8.53. The van der Waals surface area contributed by atoms with Crippen LogP contribution in [-0.4, -0.2) is 80.2 Å². The molecule has 2 aliphatic carbocycles. The Balaban J connectivity index is 1.44. The molecule has 0 radical (unpaired) electrons. The van der Waals surface area contributed by atoms with Gasteiger partial charge in [0.05, 0.1) is 24.5 Å². The number of piperazine rings is 1. The van der Waals surface area contributed by atoms with Crippen molar-refractivity contribution in [2.24, 2.45) is 5.41 Å². The molecule has 4 unspecified atom stereocenters. The number of ether oxygens (including phenoxy) is 1. The van der Waals surface area contributed by atoms with Crippen molar-refractivity contribution >= 4 is 32.7 Å². The molecule has 0 spiro atoms. The summed E-state index contributed by atoms with van der Waals surface area (Å²) < 4.78 is 34.0. The van der Waals surface area contributed by atoms with Crippen molar-refractivity contribution in [2.45, 2.75) is 82.8 Å². The van der Waals surface area contributed by atoms with Crippen LogP contribution >= 0.6 is 0 Å². The molecule has 45 heavy (non-hydrogen) atoms. The number of hydrogen-bond donors (Lipinski definition) is 1. The minimum absolute atomic E-state index is 0.0613. The highest BCUT2D eigenvalue weighted by Gasteiger charge is 2.64. The van der Waals surface area contributed by atoms with E-state index in [1.807, 2.05) is 18.2 Å². The van der Waals surface area contributed by atoms with Crippen LogP contribution in [0.4, 0.5) is 0 Å². The number of aromatic nitrogens is 1. The number of benzene rings is 2. The maximum atomic E-state index is 14.7. The molecule has 0 bridgehead atoms. The van der Waals surface area contributed by atoms with Crippen LogP contribution < -0.4 is 9.46 Å². The number of nitrogens with one attached hydrogen (secondary N) is 1. The molecular weight excluding hydrogens is 588 g/mol. The first kappa shape index (κ1) is 30.3. The zero-order chi connectivity index (χ0) is 31.8. The van der Waals surface area contributed by atoms with Crippen molar-refractivity contribution in [2.75, 3.05) is 33.5 Å². The molecule has 4 atom stereocenters. The highest BCUT2D eigenvalue weighted by Crippen LogP contribution is 2.66. The molecule has 2 saturated carbocycles. The summed E-state index contributed by atoms with van der Waals surface area (Å²) in [6.45, 7) is 6.27. The van der Waals surface area contributed by atoms with Crippen LogP contribution in [0, 0.1) is 5.41 Å². The third kappa shape index (κ3) is 5.04. The number of fused-ring (bicyclic) bond motifs is 7. The predicted molar refractivity (Wildman–Crippen MR) is 175 cm³/mol. The Labute approximate surface area is 265 Å².